The highest BCUT2D eigenvalue weighted by atomic mass is 79.9. The van der Waals surface area contributed by atoms with Gasteiger partial charge in [0.05, 0.1) is 7.11 Å². The monoisotopic (exact) mass is 319 g/mol. The number of esters is 1. The molecule has 0 N–H and O–H groups in total. The Labute approximate surface area is 98.4 Å². The Balaban J connectivity index is 3.06. The van der Waals surface area contributed by atoms with Gasteiger partial charge in [-0.3, -0.25) is 0 Å². The third kappa shape index (κ3) is 2.65. The lowest BCUT2D eigenvalue weighted by molar-refractivity contribution is 0.0594. The Hall–Kier alpha value is -0.680. The molecule has 0 aromatic carbocycles. The number of pyridine rings is 1. The van der Waals surface area contributed by atoms with Crippen LogP contribution < -0.4 is 0 Å². The van der Waals surface area contributed by atoms with Crippen molar-refractivity contribution in [2.45, 2.75) is 0 Å². The number of methoxy groups -OCH3 is 1. The first kappa shape index (κ1) is 11.4. The first-order valence-corrected chi connectivity index (χ1v) is 5.41. The minimum Gasteiger partial charge on any atom is -0.464 e. The second-order valence-electron chi connectivity index (χ2n) is 2.36. The second-order valence-corrected chi connectivity index (χ2v) is 3.64. The Bertz CT molecular complexity index is 377. The maximum absolute atomic E-state index is 11.1. The summed E-state index contributed by atoms with van der Waals surface area (Å²) in [5.74, 6) is -0.444. The summed E-state index contributed by atoms with van der Waals surface area (Å²) < 4.78 is 5.15. The van der Waals surface area contributed by atoms with Gasteiger partial charge in [0, 0.05) is 5.56 Å². The quantitative estimate of drug-likeness (QED) is 0.621. The molecule has 0 amide bonds. The zero-order valence-electron chi connectivity index (χ0n) is 7.33. The van der Waals surface area contributed by atoms with E-state index in [2.05, 4.69) is 41.6 Å². The van der Waals surface area contributed by atoms with Crippen molar-refractivity contribution in [3.05, 3.63) is 33.0 Å². The van der Waals surface area contributed by atoms with Gasteiger partial charge in [0.25, 0.3) is 0 Å². The lowest BCUT2D eigenvalue weighted by Gasteiger charge is -2.01. The van der Waals surface area contributed by atoms with E-state index in [0.29, 0.717) is 4.60 Å². The van der Waals surface area contributed by atoms with E-state index in [1.54, 1.807) is 17.1 Å². The summed E-state index contributed by atoms with van der Waals surface area (Å²) >= 11 is 6.42. The zero-order valence-corrected chi connectivity index (χ0v) is 10.5. The summed E-state index contributed by atoms with van der Waals surface area (Å²) in [5.41, 5.74) is 1.17. The van der Waals surface area contributed by atoms with Gasteiger partial charge in [0.1, 0.15) is 10.3 Å². The molecule has 0 saturated heterocycles. The highest BCUT2D eigenvalue weighted by Gasteiger charge is 2.08. The lowest BCUT2D eigenvalue weighted by Crippen LogP contribution is -2.04. The Kier molecular flexibility index (Phi) is 4.28. The number of carbonyl (C=O) groups is 1. The molecule has 0 bridgehead atoms. The molecule has 1 heterocycles. The van der Waals surface area contributed by atoms with Crippen LogP contribution in [0.5, 0.6) is 0 Å². The van der Waals surface area contributed by atoms with Crippen LogP contribution in [0, 0.1) is 0 Å². The number of hydrogen-bond acceptors (Lipinski definition) is 3. The zero-order chi connectivity index (χ0) is 10.6. The Morgan fingerprint density at radius 3 is 2.79 bits per heavy atom. The van der Waals surface area contributed by atoms with Crippen LogP contribution in [0.4, 0.5) is 0 Å². The molecule has 0 saturated carbocycles. The van der Waals surface area contributed by atoms with E-state index in [1.165, 1.54) is 7.11 Å². The fraction of sp³-hybridized carbons (Fsp3) is 0.111. The molecule has 5 heteroatoms. The van der Waals surface area contributed by atoms with E-state index in [4.69, 9.17) is 0 Å². The van der Waals surface area contributed by atoms with E-state index < -0.39 is 5.97 Å². The molecular weight excluding hydrogens is 314 g/mol. The minimum atomic E-state index is -0.444. The highest BCUT2D eigenvalue weighted by Crippen LogP contribution is 2.17. The molecule has 0 unspecified atom stereocenters. The van der Waals surface area contributed by atoms with Crippen molar-refractivity contribution in [1.82, 2.24) is 4.98 Å². The van der Waals surface area contributed by atoms with E-state index in [0.717, 1.165) is 5.56 Å². The van der Waals surface area contributed by atoms with Gasteiger partial charge in [0.15, 0.2) is 0 Å². The standard InChI is InChI=1S/C9H7Br2NO2/c1-14-9(13)7-3-2-6(4-5-10)8(11)12-7/h2-5H,1H3/b5-4-. The maximum atomic E-state index is 11.1. The minimum absolute atomic E-state index is 0.283. The molecule has 0 radical (unpaired) electrons. The molecule has 0 spiro atoms. The molecular formula is C9H7Br2NO2. The molecule has 0 atom stereocenters. The number of aromatic nitrogens is 1. The van der Waals surface area contributed by atoms with E-state index in [9.17, 15) is 4.79 Å². The highest BCUT2D eigenvalue weighted by molar-refractivity contribution is 9.11. The fourth-order valence-corrected chi connectivity index (χ4v) is 1.60. The van der Waals surface area contributed by atoms with Gasteiger partial charge in [-0.25, -0.2) is 9.78 Å². The summed E-state index contributed by atoms with van der Waals surface area (Å²) in [6.45, 7) is 0. The largest absolute Gasteiger partial charge is 0.464 e. The maximum Gasteiger partial charge on any atom is 0.356 e. The van der Waals surface area contributed by atoms with Crippen LogP contribution in [0.25, 0.3) is 6.08 Å². The van der Waals surface area contributed by atoms with Crippen LogP contribution >= 0.6 is 31.9 Å². The second kappa shape index (κ2) is 5.26. The summed E-state index contributed by atoms with van der Waals surface area (Å²) in [7, 11) is 1.32. The van der Waals surface area contributed by atoms with Gasteiger partial charge >= 0.3 is 5.97 Å². The SMILES string of the molecule is COC(=O)c1ccc(/C=C\Br)c(Br)n1. The predicted molar refractivity (Wildman–Crippen MR) is 61.2 cm³/mol. The Morgan fingerprint density at radius 2 is 2.29 bits per heavy atom. The molecule has 74 valence electrons. The summed E-state index contributed by atoms with van der Waals surface area (Å²) in [6.07, 6.45) is 1.82. The molecule has 0 fully saturated rings. The third-order valence-electron chi connectivity index (χ3n) is 1.51. The molecule has 1 rings (SSSR count). The predicted octanol–water partition coefficient (Wildman–Crippen LogP) is 3.00. The molecule has 1 aromatic heterocycles. The van der Waals surface area contributed by atoms with Gasteiger partial charge in [-0.2, -0.15) is 0 Å². The first-order valence-electron chi connectivity index (χ1n) is 3.70. The van der Waals surface area contributed by atoms with Gasteiger partial charge < -0.3 is 4.74 Å². The summed E-state index contributed by atoms with van der Waals surface area (Å²) in [4.78, 5) is 16.8. The van der Waals surface area contributed by atoms with Crippen molar-refractivity contribution in [1.29, 1.82) is 0 Å². The van der Waals surface area contributed by atoms with Gasteiger partial charge in [-0.15, -0.1) is 0 Å². The van der Waals surface area contributed by atoms with Crippen LogP contribution in [-0.4, -0.2) is 18.1 Å². The third-order valence-corrected chi connectivity index (χ3v) is 2.41. The molecule has 0 aliphatic rings. The van der Waals surface area contributed by atoms with Crippen molar-refractivity contribution in [3.63, 3.8) is 0 Å². The fourth-order valence-electron chi connectivity index (χ4n) is 0.855. The van der Waals surface area contributed by atoms with Crippen LogP contribution in [0.15, 0.2) is 21.7 Å². The molecule has 0 aliphatic carbocycles. The van der Waals surface area contributed by atoms with Crippen LogP contribution in [0.1, 0.15) is 16.1 Å². The number of hydrogen-bond donors (Lipinski definition) is 0. The number of rotatable bonds is 2. The van der Waals surface area contributed by atoms with Crippen LogP contribution in [-0.2, 0) is 4.74 Å². The number of ether oxygens (including phenoxy) is 1. The topological polar surface area (TPSA) is 39.2 Å². The van der Waals surface area contributed by atoms with Crippen molar-refractivity contribution >= 4 is 43.9 Å². The van der Waals surface area contributed by atoms with Crippen molar-refractivity contribution < 1.29 is 9.53 Å². The average molecular weight is 321 g/mol. The normalized spacial score (nSPS) is 10.5. The van der Waals surface area contributed by atoms with E-state index in [-0.39, 0.29) is 5.69 Å². The first-order chi connectivity index (χ1) is 6.69. The van der Waals surface area contributed by atoms with Crippen molar-refractivity contribution in [2.24, 2.45) is 0 Å². The molecule has 1 aromatic rings. The number of halogens is 2. The number of carbonyl (C=O) groups excluding carboxylic acids is 1. The molecule has 0 aliphatic heterocycles. The van der Waals surface area contributed by atoms with Crippen LogP contribution in [0.3, 0.4) is 0 Å². The smallest absolute Gasteiger partial charge is 0.356 e. The van der Waals surface area contributed by atoms with Gasteiger partial charge in [-0.1, -0.05) is 15.9 Å². The van der Waals surface area contributed by atoms with E-state index in [1.807, 2.05) is 6.08 Å². The molecule has 3 nitrogen and oxygen atoms in total. The summed E-state index contributed by atoms with van der Waals surface area (Å²) in [6, 6.07) is 3.39. The summed E-state index contributed by atoms with van der Waals surface area (Å²) in [5, 5.41) is 0. The average Bonchev–Trinajstić information content (AvgIpc) is 2.20. The van der Waals surface area contributed by atoms with Gasteiger partial charge in [-0.05, 0) is 39.1 Å². The van der Waals surface area contributed by atoms with Crippen molar-refractivity contribution in [2.75, 3.05) is 7.11 Å². The molecule has 14 heavy (non-hydrogen) atoms. The Morgan fingerprint density at radius 1 is 1.57 bits per heavy atom. The number of nitrogens with zero attached hydrogens (tertiary/aromatic N) is 1. The van der Waals surface area contributed by atoms with Crippen molar-refractivity contribution in [3.8, 4) is 0 Å². The van der Waals surface area contributed by atoms with E-state index >= 15 is 0 Å². The van der Waals surface area contributed by atoms with Gasteiger partial charge in [0.2, 0.25) is 0 Å². The van der Waals surface area contributed by atoms with Crippen LogP contribution in [0.2, 0.25) is 0 Å². The lowest BCUT2D eigenvalue weighted by atomic mass is 10.2.